The van der Waals surface area contributed by atoms with Crippen LogP contribution < -0.4 is 0 Å². The molecule has 0 radical (unpaired) electrons. The van der Waals surface area contributed by atoms with Crippen LogP contribution in [0.4, 0.5) is 22.7 Å². The first-order valence-corrected chi connectivity index (χ1v) is 8.24. The maximum atomic E-state index is 10.5. The SMILES string of the molecule is CSc1ccc([N+](=O)[O-])cc1[N+](=O)[O-].O=[N+]([O-])c1ccc(Cl)c([N+](=O)[O-])c1. The minimum Gasteiger partial charge on any atom is -0.258 e. The van der Waals surface area contributed by atoms with Gasteiger partial charge in [0.25, 0.3) is 22.7 Å². The second kappa shape index (κ2) is 9.40. The second-order valence-corrected chi connectivity index (χ2v) is 5.78. The Bertz CT molecular complexity index is 923. The molecule has 2 aromatic carbocycles. The minimum atomic E-state index is -0.769. The fourth-order valence-corrected chi connectivity index (χ4v) is 2.42. The smallest absolute Gasteiger partial charge is 0.258 e. The van der Waals surface area contributed by atoms with Gasteiger partial charge in [-0.15, -0.1) is 11.8 Å². The van der Waals surface area contributed by atoms with E-state index in [1.165, 1.54) is 23.9 Å². The maximum absolute atomic E-state index is 10.5. The third kappa shape index (κ3) is 5.86. The number of non-ortho nitro benzene ring substituents is 2. The first-order valence-electron chi connectivity index (χ1n) is 6.63. The van der Waals surface area contributed by atoms with Crippen molar-refractivity contribution >= 4 is 46.1 Å². The Kier molecular flexibility index (Phi) is 7.56. The van der Waals surface area contributed by atoms with E-state index >= 15 is 0 Å². The summed E-state index contributed by atoms with van der Waals surface area (Å²) in [5, 5.41) is 41.3. The molecule has 0 fully saturated rings. The highest BCUT2D eigenvalue weighted by atomic mass is 35.5. The quantitative estimate of drug-likeness (QED) is 0.389. The number of thioether (sulfide) groups is 1. The average molecular weight is 417 g/mol. The highest BCUT2D eigenvalue weighted by Gasteiger charge is 2.18. The van der Waals surface area contributed by atoms with Crippen LogP contribution in [0, 0.1) is 40.5 Å². The third-order valence-corrected chi connectivity index (χ3v) is 4.01. The zero-order valence-electron chi connectivity index (χ0n) is 13.3. The number of hydrogen-bond donors (Lipinski definition) is 0. The van der Waals surface area contributed by atoms with Crippen molar-refractivity contribution in [3.8, 4) is 0 Å². The maximum Gasteiger partial charge on any atom is 0.294 e. The van der Waals surface area contributed by atoms with E-state index in [0.29, 0.717) is 4.90 Å². The second-order valence-electron chi connectivity index (χ2n) is 4.52. The van der Waals surface area contributed by atoms with Crippen molar-refractivity contribution in [1.82, 2.24) is 0 Å². The molecular formula is C13H9ClN4O8S. The van der Waals surface area contributed by atoms with Crippen LogP contribution >= 0.6 is 23.4 Å². The molecule has 0 aromatic heterocycles. The molecule has 27 heavy (non-hydrogen) atoms. The predicted octanol–water partition coefficient (Wildman–Crippen LogP) is 4.38. The highest BCUT2D eigenvalue weighted by Crippen LogP contribution is 2.30. The van der Waals surface area contributed by atoms with Crippen molar-refractivity contribution < 1.29 is 19.7 Å². The lowest BCUT2D eigenvalue weighted by Gasteiger charge is -1.98. The summed E-state index contributed by atoms with van der Waals surface area (Å²) in [5.74, 6) is 0. The van der Waals surface area contributed by atoms with E-state index in [9.17, 15) is 40.5 Å². The zero-order chi connectivity index (χ0) is 20.7. The van der Waals surface area contributed by atoms with E-state index in [-0.39, 0.29) is 22.1 Å². The summed E-state index contributed by atoms with van der Waals surface area (Å²) in [6.45, 7) is 0. The lowest BCUT2D eigenvalue weighted by molar-refractivity contribution is -0.396. The number of nitrogens with zero attached hydrogens (tertiary/aromatic N) is 4. The van der Waals surface area contributed by atoms with Crippen molar-refractivity contribution in [3.63, 3.8) is 0 Å². The molecule has 0 atom stereocenters. The van der Waals surface area contributed by atoms with Crippen LogP contribution in [0.25, 0.3) is 0 Å². The van der Waals surface area contributed by atoms with E-state index in [2.05, 4.69) is 0 Å². The molecule has 0 N–H and O–H groups in total. The predicted molar refractivity (Wildman–Crippen MR) is 96.3 cm³/mol. The molecule has 0 aliphatic rings. The van der Waals surface area contributed by atoms with Crippen LogP contribution in [0.5, 0.6) is 0 Å². The van der Waals surface area contributed by atoms with Gasteiger partial charge in [-0.1, -0.05) is 11.6 Å². The summed E-state index contributed by atoms with van der Waals surface area (Å²) in [5.41, 5.74) is -1.31. The van der Waals surface area contributed by atoms with Gasteiger partial charge in [-0.3, -0.25) is 40.5 Å². The van der Waals surface area contributed by atoms with Crippen molar-refractivity contribution in [2.75, 3.05) is 6.26 Å². The van der Waals surface area contributed by atoms with E-state index < -0.39 is 25.4 Å². The van der Waals surface area contributed by atoms with Gasteiger partial charge in [0.05, 0.1) is 36.7 Å². The van der Waals surface area contributed by atoms with Crippen LogP contribution in [0.2, 0.25) is 5.02 Å². The van der Waals surface area contributed by atoms with E-state index in [0.717, 1.165) is 24.3 Å². The number of halogens is 1. The molecule has 0 unspecified atom stereocenters. The van der Waals surface area contributed by atoms with E-state index in [4.69, 9.17) is 11.6 Å². The van der Waals surface area contributed by atoms with Gasteiger partial charge < -0.3 is 0 Å². The fraction of sp³-hybridized carbons (Fsp3) is 0.0769. The molecule has 2 aromatic rings. The van der Waals surface area contributed by atoms with Crippen molar-refractivity contribution in [1.29, 1.82) is 0 Å². The molecule has 12 nitrogen and oxygen atoms in total. The highest BCUT2D eigenvalue weighted by molar-refractivity contribution is 7.98. The Balaban J connectivity index is 0.000000271. The normalized spacial score (nSPS) is 9.70. The number of rotatable bonds is 5. The summed E-state index contributed by atoms with van der Waals surface area (Å²) < 4.78 is 0. The molecule has 0 saturated heterocycles. The molecule has 2 rings (SSSR count). The Morgan fingerprint density at radius 1 is 0.741 bits per heavy atom. The molecule has 0 saturated carbocycles. The topological polar surface area (TPSA) is 173 Å². The van der Waals surface area contributed by atoms with Crippen molar-refractivity contribution in [2.45, 2.75) is 4.90 Å². The van der Waals surface area contributed by atoms with Gasteiger partial charge in [0.15, 0.2) is 0 Å². The fourth-order valence-electron chi connectivity index (χ4n) is 1.69. The molecule has 0 amide bonds. The molecule has 14 heteroatoms. The Morgan fingerprint density at radius 3 is 1.59 bits per heavy atom. The van der Waals surface area contributed by atoms with Gasteiger partial charge in [0.2, 0.25) is 0 Å². The Hall–Kier alpha value is -3.32. The summed E-state index contributed by atoms with van der Waals surface area (Å²) >= 11 is 6.61. The number of hydrogen-bond acceptors (Lipinski definition) is 9. The van der Waals surface area contributed by atoms with E-state index in [1.807, 2.05) is 0 Å². The van der Waals surface area contributed by atoms with Crippen molar-refractivity contribution in [2.24, 2.45) is 0 Å². The molecule has 0 heterocycles. The molecular weight excluding hydrogens is 408 g/mol. The van der Waals surface area contributed by atoms with Gasteiger partial charge in [0.1, 0.15) is 5.02 Å². The first kappa shape index (κ1) is 21.7. The van der Waals surface area contributed by atoms with E-state index in [1.54, 1.807) is 6.26 Å². The monoisotopic (exact) mass is 416 g/mol. The number of nitro benzene ring substituents is 4. The van der Waals surface area contributed by atoms with Crippen LogP contribution in [-0.4, -0.2) is 25.9 Å². The summed E-state index contributed by atoms with van der Waals surface area (Å²) in [6, 6.07) is 6.64. The van der Waals surface area contributed by atoms with Gasteiger partial charge in [-0.2, -0.15) is 0 Å². The third-order valence-electron chi connectivity index (χ3n) is 2.91. The molecule has 0 bridgehead atoms. The first-order chi connectivity index (χ1) is 12.6. The van der Waals surface area contributed by atoms with Crippen LogP contribution in [0.15, 0.2) is 41.3 Å². The molecule has 0 aliphatic heterocycles. The standard InChI is InChI=1S/C7H6N2O4S.C6H3ClN2O4/c1-14-7-3-2-5(8(10)11)4-6(7)9(12)13;7-5-2-1-4(8(10)11)3-6(5)9(12)13/h2-4H,1H3;1-3H. The zero-order valence-corrected chi connectivity index (χ0v) is 14.9. The summed E-state index contributed by atoms with van der Waals surface area (Å²) in [7, 11) is 0. The number of benzene rings is 2. The summed E-state index contributed by atoms with van der Waals surface area (Å²) in [4.78, 5) is 39.0. The van der Waals surface area contributed by atoms with Crippen LogP contribution in [0.1, 0.15) is 0 Å². The molecule has 142 valence electrons. The lowest BCUT2D eigenvalue weighted by atomic mass is 10.3. The van der Waals surface area contributed by atoms with Gasteiger partial charge in [0, 0.05) is 12.1 Å². The van der Waals surface area contributed by atoms with Crippen LogP contribution in [0.3, 0.4) is 0 Å². The lowest BCUT2D eigenvalue weighted by Crippen LogP contribution is -1.93. The van der Waals surface area contributed by atoms with Gasteiger partial charge >= 0.3 is 0 Å². The van der Waals surface area contributed by atoms with Gasteiger partial charge in [-0.25, -0.2) is 0 Å². The average Bonchev–Trinajstić information content (AvgIpc) is 2.61. The van der Waals surface area contributed by atoms with Crippen molar-refractivity contribution in [3.05, 3.63) is 81.9 Å². The minimum absolute atomic E-state index is 0.115. The van der Waals surface area contributed by atoms with Crippen LogP contribution in [-0.2, 0) is 0 Å². The largest absolute Gasteiger partial charge is 0.294 e. The Morgan fingerprint density at radius 2 is 1.19 bits per heavy atom. The number of nitro groups is 4. The Labute approximate surface area is 159 Å². The molecule has 0 aliphatic carbocycles. The molecule has 0 spiro atoms. The summed E-state index contributed by atoms with van der Waals surface area (Å²) in [6.07, 6.45) is 1.67. The van der Waals surface area contributed by atoms with Gasteiger partial charge in [-0.05, 0) is 18.4 Å².